The summed E-state index contributed by atoms with van der Waals surface area (Å²) in [5, 5.41) is 10.9. The lowest BCUT2D eigenvalue weighted by Gasteiger charge is -2.20. The number of hydrogen-bond acceptors (Lipinski definition) is 6. The topological polar surface area (TPSA) is 104 Å². The van der Waals surface area contributed by atoms with Gasteiger partial charge in [-0.3, -0.25) is 19.7 Å². The highest BCUT2D eigenvalue weighted by Crippen LogP contribution is 2.28. The van der Waals surface area contributed by atoms with Crippen molar-refractivity contribution in [1.82, 2.24) is 4.57 Å². The van der Waals surface area contributed by atoms with Crippen molar-refractivity contribution in [2.24, 2.45) is 10.9 Å². The summed E-state index contributed by atoms with van der Waals surface area (Å²) in [6, 6.07) is 4.33. The Balaban J connectivity index is 2.12. The summed E-state index contributed by atoms with van der Waals surface area (Å²) in [5.74, 6) is -0.748. The van der Waals surface area contributed by atoms with Crippen LogP contribution in [0.4, 0.5) is 5.69 Å². The first kappa shape index (κ1) is 16.3. The fraction of sp³-hybridized carbons (Fsp3) is 0.400. The molecule has 0 radical (unpaired) electrons. The molecular weight excluding hydrogens is 334 g/mol. The number of carbonyl (C=O) groups excluding carboxylic acids is 2. The number of thiazole rings is 1. The predicted octanol–water partition coefficient (Wildman–Crippen LogP) is 2.01. The van der Waals surface area contributed by atoms with Crippen LogP contribution >= 0.6 is 11.3 Å². The Bertz CT molecular complexity index is 894. The summed E-state index contributed by atoms with van der Waals surface area (Å²) in [7, 11) is 1.28. The number of ether oxygens (including phenoxy) is 1. The molecule has 0 atom stereocenters. The van der Waals surface area contributed by atoms with Gasteiger partial charge in [0.1, 0.15) is 6.54 Å². The fourth-order valence-corrected chi connectivity index (χ4v) is 3.52. The van der Waals surface area contributed by atoms with Crippen LogP contribution in [0, 0.1) is 16.0 Å². The molecule has 126 valence electrons. The summed E-state index contributed by atoms with van der Waals surface area (Å²) in [4.78, 5) is 38.8. The maximum atomic E-state index is 12.2. The molecule has 1 heterocycles. The first-order valence-electron chi connectivity index (χ1n) is 7.43. The number of non-ortho nitro benzene ring substituents is 1. The van der Waals surface area contributed by atoms with Gasteiger partial charge in [-0.2, -0.15) is 4.99 Å². The molecule has 8 nitrogen and oxygen atoms in total. The lowest BCUT2D eigenvalue weighted by Crippen LogP contribution is -2.26. The van der Waals surface area contributed by atoms with Crippen molar-refractivity contribution in [3.8, 4) is 0 Å². The Morgan fingerprint density at radius 1 is 1.46 bits per heavy atom. The first-order valence-corrected chi connectivity index (χ1v) is 8.24. The van der Waals surface area contributed by atoms with Crippen molar-refractivity contribution >= 4 is 39.1 Å². The molecule has 1 aliphatic rings. The molecule has 9 heteroatoms. The number of nitrogens with zero attached hydrogens (tertiary/aromatic N) is 3. The quantitative estimate of drug-likeness (QED) is 0.477. The summed E-state index contributed by atoms with van der Waals surface area (Å²) < 4.78 is 6.84. The van der Waals surface area contributed by atoms with E-state index in [1.165, 1.54) is 19.2 Å². The van der Waals surface area contributed by atoms with Crippen LogP contribution in [0.3, 0.4) is 0 Å². The monoisotopic (exact) mass is 349 g/mol. The van der Waals surface area contributed by atoms with Gasteiger partial charge in [0, 0.05) is 18.1 Å². The van der Waals surface area contributed by atoms with Crippen LogP contribution in [0.1, 0.15) is 19.3 Å². The van der Waals surface area contributed by atoms with Gasteiger partial charge in [-0.25, -0.2) is 0 Å². The van der Waals surface area contributed by atoms with Crippen LogP contribution in [0.15, 0.2) is 23.2 Å². The summed E-state index contributed by atoms with van der Waals surface area (Å²) in [5.41, 5.74) is 0.557. The van der Waals surface area contributed by atoms with Gasteiger partial charge in [-0.1, -0.05) is 17.8 Å². The highest BCUT2D eigenvalue weighted by Gasteiger charge is 2.25. The third-order valence-corrected chi connectivity index (χ3v) is 5.09. The summed E-state index contributed by atoms with van der Waals surface area (Å²) in [6.07, 6.45) is 2.68. The molecule has 0 spiro atoms. The van der Waals surface area contributed by atoms with Crippen molar-refractivity contribution in [3.63, 3.8) is 0 Å². The molecule has 1 aromatic carbocycles. The molecule has 3 rings (SSSR count). The molecule has 1 amide bonds. The molecule has 1 saturated carbocycles. The Labute approximate surface area is 140 Å². The van der Waals surface area contributed by atoms with Gasteiger partial charge in [-0.15, -0.1) is 0 Å². The van der Waals surface area contributed by atoms with Gasteiger partial charge < -0.3 is 9.30 Å². The zero-order valence-corrected chi connectivity index (χ0v) is 13.7. The number of esters is 1. The number of rotatable bonds is 4. The van der Waals surface area contributed by atoms with Gasteiger partial charge in [0.15, 0.2) is 4.80 Å². The number of benzene rings is 1. The van der Waals surface area contributed by atoms with Crippen molar-refractivity contribution in [3.05, 3.63) is 33.1 Å². The van der Waals surface area contributed by atoms with Crippen LogP contribution < -0.4 is 4.80 Å². The van der Waals surface area contributed by atoms with Crippen molar-refractivity contribution in [2.75, 3.05) is 7.11 Å². The number of nitro groups is 1. The van der Waals surface area contributed by atoms with Crippen molar-refractivity contribution in [2.45, 2.75) is 25.8 Å². The molecule has 1 aliphatic carbocycles. The van der Waals surface area contributed by atoms with E-state index in [1.807, 2.05) is 0 Å². The Morgan fingerprint density at radius 2 is 2.21 bits per heavy atom. The van der Waals surface area contributed by atoms with Gasteiger partial charge in [0.2, 0.25) is 0 Å². The van der Waals surface area contributed by atoms with Gasteiger partial charge in [-0.05, 0) is 18.9 Å². The van der Waals surface area contributed by atoms with E-state index in [4.69, 9.17) is 0 Å². The van der Waals surface area contributed by atoms with E-state index >= 15 is 0 Å². The number of fused-ring (bicyclic) bond motifs is 1. The van der Waals surface area contributed by atoms with Crippen molar-refractivity contribution < 1.29 is 19.2 Å². The van der Waals surface area contributed by atoms with E-state index in [2.05, 4.69) is 9.73 Å². The molecule has 0 N–H and O–H groups in total. The normalized spacial score (nSPS) is 15.3. The molecule has 0 bridgehead atoms. The zero-order chi connectivity index (χ0) is 17.3. The molecule has 0 aliphatic heterocycles. The van der Waals surface area contributed by atoms with Crippen LogP contribution in [0.25, 0.3) is 10.2 Å². The number of aromatic nitrogens is 1. The second kappa shape index (κ2) is 6.52. The number of amides is 1. The largest absolute Gasteiger partial charge is 0.468 e. The molecular formula is C15H15N3O5S. The average molecular weight is 349 g/mol. The smallest absolute Gasteiger partial charge is 0.325 e. The van der Waals surface area contributed by atoms with E-state index in [-0.39, 0.29) is 24.1 Å². The highest BCUT2D eigenvalue weighted by molar-refractivity contribution is 7.16. The number of nitro benzene ring substituents is 1. The second-order valence-electron chi connectivity index (χ2n) is 5.53. The molecule has 2 aromatic rings. The third-order valence-electron chi connectivity index (χ3n) is 4.05. The maximum Gasteiger partial charge on any atom is 0.325 e. The lowest BCUT2D eigenvalue weighted by molar-refractivity contribution is -0.384. The second-order valence-corrected chi connectivity index (χ2v) is 6.54. The van der Waals surface area contributed by atoms with E-state index in [1.54, 1.807) is 10.6 Å². The molecule has 24 heavy (non-hydrogen) atoms. The van der Waals surface area contributed by atoms with Crippen LogP contribution in [-0.4, -0.2) is 28.5 Å². The summed E-state index contributed by atoms with van der Waals surface area (Å²) >= 11 is 1.15. The lowest BCUT2D eigenvalue weighted by atomic mass is 9.85. The summed E-state index contributed by atoms with van der Waals surface area (Å²) in [6.45, 7) is -0.106. The maximum absolute atomic E-state index is 12.2. The van der Waals surface area contributed by atoms with Crippen molar-refractivity contribution in [1.29, 1.82) is 0 Å². The molecule has 0 unspecified atom stereocenters. The van der Waals surface area contributed by atoms with Gasteiger partial charge in [0.05, 0.1) is 22.2 Å². The first-order chi connectivity index (χ1) is 11.5. The van der Waals surface area contributed by atoms with Gasteiger partial charge in [0.25, 0.3) is 11.6 Å². The zero-order valence-electron chi connectivity index (χ0n) is 12.9. The molecule has 0 saturated heterocycles. The number of hydrogen-bond donors (Lipinski definition) is 0. The SMILES string of the molecule is COC(=O)Cn1c(=NC(=O)C2CCC2)sc2cc([N+](=O)[O-])ccc21. The fourth-order valence-electron chi connectivity index (χ4n) is 2.45. The van der Waals surface area contributed by atoms with Crippen LogP contribution in [-0.2, 0) is 20.9 Å². The van der Waals surface area contributed by atoms with Crippen LogP contribution in [0.5, 0.6) is 0 Å². The minimum absolute atomic E-state index is 0.0502. The third kappa shape index (κ3) is 3.07. The predicted molar refractivity (Wildman–Crippen MR) is 86.4 cm³/mol. The molecule has 1 fully saturated rings. The minimum Gasteiger partial charge on any atom is -0.468 e. The standard InChI is InChI=1S/C15H15N3O5S/c1-23-13(19)8-17-11-6-5-10(18(21)22)7-12(11)24-15(17)16-14(20)9-3-2-4-9/h5-7,9H,2-4,8H2,1H3. The van der Waals surface area contributed by atoms with Gasteiger partial charge >= 0.3 is 5.97 Å². The highest BCUT2D eigenvalue weighted by atomic mass is 32.1. The average Bonchev–Trinajstić information content (AvgIpc) is 2.81. The van der Waals surface area contributed by atoms with E-state index < -0.39 is 10.9 Å². The van der Waals surface area contributed by atoms with E-state index in [0.29, 0.717) is 15.0 Å². The minimum atomic E-state index is -0.486. The Kier molecular flexibility index (Phi) is 4.43. The Morgan fingerprint density at radius 3 is 2.79 bits per heavy atom. The van der Waals surface area contributed by atoms with Crippen LogP contribution in [0.2, 0.25) is 0 Å². The van der Waals surface area contributed by atoms with E-state index in [9.17, 15) is 19.7 Å². The van der Waals surface area contributed by atoms with E-state index in [0.717, 1.165) is 30.6 Å². The molecule has 1 aromatic heterocycles. The Hall–Kier alpha value is -2.55. The number of carbonyl (C=O) groups is 2. The number of methoxy groups -OCH3 is 1.